The highest BCUT2D eigenvalue weighted by Gasteiger charge is 2.05. The van der Waals surface area contributed by atoms with Gasteiger partial charge < -0.3 is 16.8 Å². The lowest BCUT2D eigenvalue weighted by Gasteiger charge is -2.09. The summed E-state index contributed by atoms with van der Waals surface area (Å²) < 4.78 is 0. The number of benzene rings is 1. The van der Waals surface area contributed by atoms with E-state index in [-0.39, 0.29) is 6.54 Å². The number of aryl methyl sites for hydroxylation is 1. The molecule has 1 heterocycles. The van der Waals surface area contributed by atoms with Gasteiger partial charge in [0, 0.05) is 22.5 Å². The molecule has 0 spiro atoms. The molecule has 0 aliphatic rings. The summed E-state index contributed by atoms with van der Waals surface area (Å²) in [5.41, 5.74) is 14.0. The van der Waals surface area contributed by atoms with Gasteiger partial charge in [-0.05, 0) is 31.2 Å². The molecule has 0 unspecified atom stereocenters. The average molecular weight is 230 g/mol. The van der Waals surface area contributed by atoms with Crippen LogP contribution in [0.5, 0.6) is 0 Å². The van der Waals surface area contributed by atoms with E-state index in [4.69, 9.17) is 11.5 Å². The summed E-state index contributed by atoms with van der Waals surface area (Å²) in [7, 11) is 0. The van der Waals surface area contributed by atoms with E-state index in [2.05, 4.69) is 10.3 Å². The van der Waals surface area contributed by atoms with Crippen LogP contribution in [0.3, 0.4) is 0 Å². The number of nitrogen functional groups attached to an aromatic ring is 1. The summed E-state index contributed by atoms with van der Waals surface area (Å²) in [6.07, 6.45) is 0. The van der Waals surface area contributed by atoms with Crippen molar-refractivity contribution in [2.45, 2.75) is 6.92 Å². The van der Waals surface area contributed by atoms with Crippen LogP contribution in [0, 0.1) is 6.92 Å². The molecular weight excluding hydrogens is 216 g/mol. The molecule has 5 heteroatoms. The third kappa shape index (κ3) is 2.44. The van der Waals surface area contributed by atoms with Crippen molar-refractivity contribution in [3.63, 3.8) is 0 Å². The molecule has 5 nitrogen and oxygen atoms in total. The molecule has 0 fully saturated rings. The van der Waals surface area contributed by atoms with E-state index in [9.17, 15) is 4.79 Å². The number of aromatic nitrogens is 1. The third-order valence-corrected chi connectivity index (χ3v) is 2.41. The Morgan fingerprint density at radius 2 is 2.18 bits per heavy atom. The van der Waals surface area contributed by atoms with Crippen molar-refractivity contribution in [2.24, 2.45) is 5.73 Å². The lowest BCUT2D eigenvalue weighted by atomic mass is 10.1. The van der Waals surface area contributed by atoms with Crippen molar-refractivity contribution < 1.29 is 4.79 Å². The van der Waals surface area contributed by atoms with Crippen LogP contribution in [0.1, 0.15) is 5.69 Å². The summed E-state index contributed by atoms with van der Waals surface area (Å²) in [4.78, 5) is 15.2. The molecule has 2 aromatic rings. The van der Waals surface area contributed by atoms with Crippen molar-refractivity contribution >= 4 is 28.2 Å². The van der Waals surface area contributed by atoms with E-state index in [0.717, 1.165) is 22.3 Å². The zero-order valence-electron chi connectivity index (χ0n) is 9.53. The second kappa shape index (κ2) is 4.29. The average Bonchev–Trinajstić information content (AvgIpc) is 2.26. The lowest BCUT2D eigenvalue weighted by Crippen LogP contribution is -2.22. The Morgan fingerprint density at radius 3 is 2.88 bits per heavy atom. The standard InChI is InChI=1S/C12H14N4O/c1-7-4-11(15-6-12(14)17)9-5-8(13)2-3-10(9)16-7/h2-5H,6,13H2,1H3,(H2,14,17)(H,15,16). The van der Waals surface area contributed by atoms with Crippen molar-refractivity contribution in [3.8, 4) is 0 Å². The first-order chi connectivity index (χ1) is 8.06. The van der Waals surface area contributed by atoms with Crippen molar-refractivity contribution in [2.75, 3.05) is 17.6 Å². The Morgan fingerprint density at radius 1 is 1.41 bits per heavy atom. The molecule has 0 atom stereocenters. The number of rotatable bonds is 3. The quantitative estimate of drug-likeness (QED) is 0.686. The van der Waals surface area contributed by atoms with Gasteiger partial charge in [-0.3, -0.25) is 9.78 Å². The first-order valence-corrected chi connectivity index (χ1v) is 5.25. The number of nitrogens with zero attached hydrogens (tertiary/aromatic N) is 1. The normalized spacial score (nSPS) is 10.4. The van der Waals surface area contributed by atoms with Gasteiger partial charge in [-0.15, -0.1) is 0 Å². The Hall–Kier alpha value is -2.30. The molecule has 0 radical (unpaired) electrons. The Labute approximate surface area is 98.8 Å². The number of amides is 1. The monoisotopic (exact) mass is 230 g/mol. The van der Waals surface area contributed by atoms with Gasteiger partial charge in [-0.25, -0.2) is 0 Å². The molecule has 0 aliphatic carbocycles. The number of hydrogen-bond acceptors (Lipinski definition) is 4. The maximum absolute atomic E-state index is 10.8. The summed E-state index contributed by atoms with van der Waals surface area (Å²) >= 11 is 0. The van der Waals surface area contributed by atoms with Gasteiger partial charge in [0.25, 0.3) is 0 Å². The Bertz CT molecular complexity index is 580. The van der Waals surface area contributed by atoms with Gasteiger partial charge in [0.2, 0.25) is 5.91 Å². The first kappa shape index (κ1) is 11.2. The minimum atomic E-state index is -0.406. The van der Waals surface area contributed by atoms with Crippen molar-refractivity contribution in [1.29, 1.82) is 0 Å². The summed E-state index contributed by atoms with van der Waals surface area (Å²) in [6.45, 7) is 1.98. The highest BCUT2D eigenvalue weighted by Crippen LogP contribution is 2.24. The van der Waals surface area contributed by atoms with Crippen LogP contribution in [-0.4, -0.2) is 17.4 Å². The predicted molar refractivity (Wildman–Crippen MR) is 68.6 cm³/mol. The molecule has 1 aromatic carbocycles. The molecular formula is C12H14N4O. The molecule has 17 heavy (non-hydrogen) atoms. The van der Waals surface area contributed by atoms with Gasteiger partial charge in [0.15, 0.2) is 0 Å². The predicted octanol–water partition coefficient (Wildman–Crippen LogP) is 1.02. The number of nitrogens with one attached hydrogen (secondary N) is 1. The third-order valence-electron chi connectivity index (χ3n) is 2.41. The first-order valence-electron chi connectivity index (χ1n) is 5.25. The number of pyridine rings is 1. The molecule has 88 valence electrons. The van der Waals surface area contributed by atoms with Crippen LogP contribution in [0.4, 0.5) is 11.4 Å². The van der Waals surface area contributed by atoms with Gasteiger partial charge in [-0.2, -0.15) is 0 Å². The van der Waals surface area contributed by atoms with E-state index in [1.54, 1.807) is 6.07 Å². The molecule has 5 N–H and O–H groups in total. The lowest BCUT2D eigenvalue weighted by molar-refractivity contribution is -0.116. The summed E-state index contributed by atoms with van der Waals surface area (Å²) in [5, 5.41) is 3.87. The van der Waals surface area contributed by atoms with Crippen LogP contribution in [-0.2, 0) is 4.79 Å². The zero-order valence-corrected chi connectivity index (χ0v) is 9.53. The number of nitrogens with two attached hydrogens (primary N) is 2. The fourth-order valence-electron chi connectivity index (χ4n) is 1.70. The second-order valence-electron chi connectivity index (χ2n) is 3.91. The van der Waals surface area contributed by atoms with E-state index >= 15 is 0 Å². The topological polar surface area (TPSA) is 94.0 Å². The minimum Gasteiger partial charge on any atom is -0.399 e. The molecule has 0 aliphatic heterocycles. The fourth-order valence-corrected chi connectivity index (χ4v) is 1.70. The highest BCUT2D eigenvalue weighted by atomic mass is 16.1. The van der Waals surface area contributed by atoms with Gasteiger partial charge >= 0.3 is 0 Å². The number of carbonyl (C=O) groups excluding carboxylic acids is 1. The Balaban J connectivity index is 2.51. The molecule has 2 rings (SSSR count). The number of primary amides is 1. The van der Waals surface area contributed by atoms with E-state index in [0.29, 0.717) is 5.69 Å². The molecule has 0 saturated carbocycles. The van der Waals surface area contributed by atoms with Crippen LogP contribution < -0.4 is 16.8 Å². The van der Waals surface area contributed by atoms with Crippen LogP contribution >= 0.6 is 0 Å². The Kier molecular flexibility index (Phi) is 2.82. The minimum absolute atomic E-state index is 0.0906. The fraction of sp³-hybridized carbons (Fsp3) is 0.167. The summed E-state index contributed by atoms with van der Waals surface area (Å²) in [5.74, 6) is -0.406. The van der Waals surface area contributed by atoms with Gasteiger partial charge in [0.1, 0.15) is 0 Å². The maximum Gasteiger partial charge on any atom is 0.236 e. The SMILES string of the molecule is Cc1cc(NCC(N)=O)c2cc(N)ccc2n1. The molecule has 1 amide bonds. The van der Waals surface area contributed by atoms with Gasteiger partial charge in [0.05, 0.1) is 12.1 Å². The van der Waals surface area contributed by atoms with Crippen molar-refractivity contribution in [1.82, 2.24) is 4.98 Å². The zero-order chi connectivity index (χ0) is 12.4. The number of fused-ring (bicyclic) bond motifs is 1. The smallest absolute Gasteiger partial charge is 0.236 e. The number of hydrogen-bond donors (Lipinski definition) is 3. The highest BCUT2D eigenvalue weighted by molar-refractivity contribution is 5.94. The van der Waals surface area contributed by atoms with Gasteiger partial charge in [-0.1, -0.05) is 0 Å². The van der Waals surface area contributed by atoms with Crippen LogP contribution in [0.25, 0.3) is 10.9 Å². The molecule has 0 bridgehead atoms. The van der Waals surface area contributed by atoms with Crippen LogP contribution in [0.15, 0.2) is 24.3 Å². The summed E-state index contributed by atoms with van der Waals surface area (Å²) in [6, 6.07) is 7.34. The molecule has 0 saturated heterocycles. The largest absolute Gasteiger partial charge is 0.399 e. The second-order valence-corrected chi connectivity index (χ2v) is 3.91. The van der Waals surface area contributed by atoms with E-state index < -0.39 is 5.91 Å². The number of anilines is 2. The molecule has 1 aromatic heterocycles. The van der Waals surface area contributed by atoms with Crippen molar-refractivity contribution in [3.05, 3.63) is 30.0 Å². The number of carbonyl (C=O) groups is 1. The van der Waals surface area contributed by atoms with E-state index in [1.165, 1.54) is 0 Å². The maximum atomic E-state index is 10.8. The van der Waals surface area contributed by atoms with E-state index in [1.807, 2.05) is 25.1 Å². The van der Waals surface area contributed by atoms with Crippen LogP contribution in [0.2, 0.25) is 0 Å².